The van der Waals surface area contributed by atoms with E-state index in [4.69, 9.17) is 26.0 Å². The van der Waals surface area contributed by atoms with Crippen LogP contribution in [0, 0.1) is 0 Å². The number of rotatable bonds is 12. The van der Waals surface area contributed by atoms with E-state index in [0.717, 1.165) is 17.3 Å². The van der Waals surface area contributed by atoms with Crippen LogP contribution in [-0.2, 0) is 25.9 Å². The predicted molar refractivity (Wildman–Crippen MR) is 149 cm³/mol. The Balaban J connectivity index is 1.72. The zero-order valence-corrected chi connectivity index (χ0v) is 22.4. The Hall–Kier alpha value is -4.37. The van der Waals surface area contributed by atoms with Crippen LogP contribution in [0.4, 0.5) is 5.69 Å². The van der Waals surface area contributed by atoms with Crippen molar-refractivity contribution in [1.29, 1.82) is 0 Å². The summed E-state index contributed by atoms with van der Waals surface area (Å²) in [5.41, 5.74) is 3.22. The van der Waals surface area contributed by atoms with Crippen molar-refractivity contribution < 1.29 is 24.0 Å². The first-order chi connectivity index (χ1) is 18.4. The first-order valence-corrected chi connectivity index (χ1v) is 12.1. The molecule has 198 valence electrons. The molecule has 38 heavy (non-hydrogen) atoms. The number of amides is 1. The second-order valence-electron chi connectivity index (χ2n) is 7.83. The lowest BCUT2D eigenvalue weighted by molar-refractivity contribution is -0.112. The number of carbonyl (C=O) groups excluding carboxylic acids is 1. The van der Waals surface area contributed by atoms with Crippen LogP contribution in [0.15, 0.2) is 88.3 Å². The fourth-order valence-electron chi connectivity index (χ4n) is 3.28. The van der Waals surface area contributed by atoms with E-state index in [2.05, 4.69) is 20.3 Å². The minimum Gasteiger partial charge on any atom is -0.457 e. The van der Waals surface area contributed by atoms with Crippen LogP contribution in [0.25, 0.3) is 0 Å². The number of carbonyl (C=O) groups is 1. The summed E-state index contributed by atoms with van der Waals surface area (Å²) in [4.78, 5) is 29.3. The lowest BCUT2D eigenvalue weighted by atomic mass is 10.1. The number of nitrogens with zero attached hydrogens (tertiary/aromatic N) is 4. The highest BCUT2D eigenvalue weighted by molar-refractivity contribution is 6.47. The maximum atomic E-state index is 12.3. The van der Waals surface area contributed by atoms with E-state index in [0.29, 0.717) is 40.2 Å². The second kappa shape index (κ2) is 14.4. The van der Waals surface area contributed by atoms with Gasteiger partial charge in [0.1, 0.15) is 49.5 Å². The van der Waals surface area contributed by atoms with Crippen molar-refractivity contribution in [3.05, 3.63) is 88.9 Å². The van der Waals surface area contributed by atoms with Gasteiger partial charge in [0.15, 0.2) is 0 Å². The van der Waals surface area contributed by atoms with Gasteiger partial charge in [-0.25, -0.2) is 0 Å². The van der Waals surface area contributed by atoms with Crippen molar-refractivity contribution in [3.63, 3.8) is 0 Å². The number of para-hydroxylation sites is 1. The van der Waals surface area contributed by atoms with E-state index >= 15 is 0 Å². The monoisotopic (exact) mass is 536 g/mol. The summed E-state index contributed by atoms with van der Waals surface area (Å²) in [6.07, 6.45) is 1.10. The van der Waals surface area contributed by atoms with Crippen molar-refractivity contribution in [2.45, 2.75) is 20.5 Å². The van der Waals surface area contributed by atoms with E-state index in [1.54, 1.807) is 38.2 Å². The van der Waals surface area contributed by atoms with Gasteiger partial charge in [0.05, 0.1) is 5.69 Å². The molecule has 9 nitrogen and oxygen atoms in total. The Kier molecular flexibility index (Phi) is 10.7. The van der Waals surface area contributed by atoms with Gasteiger partial charge in [-0.1, -0.05) is 45.3 Å². The third-order valence-electron chi connectivity index (χ3n) is 5.18. The second-order valence-corrected chi connectivity index (χ2v) is 8.27. The average Bonchev–Trinajstić information content (AvgIpc) is 2.94. The molecule has 0 saturated heterocycles. The fraction of sp³-hybridized carbons (Fsp3) is 0.214. The van der Waals surface area contributed by atoms with Crippen LogP contribution >= 0.6 is 11.6 Å². The van der Waals surface area contributed by atoms with Crippen LogP contribution < -0.4 is 9.64 Å². The third kappa shape index (κ3) is 8.07. The standard InChI is InChI=1S/C28H29ClN4O5/c1-5-36-32-28(21-10-14-24(15-11-21)38-25-16-12-23(29)13-17-25)20(2)31-37-19-22-8-6-7-9-26(22)33(3)27(34)18-30-35-4/h6-18H,5,19H2,1-4H3. The van der Waals surface area contributed by atoms with Crippen LogP contribution in [0.2, 0.25) is 5.02 Å². The molecule has 0 aliphatic rings. The molecule has 0 fully saturated rings. The van der Waals surface area contributed by atoms with Gasteiger partial charge in [0.2, 0.25) is 0 Å². The highest BCUT2D eigenvalue weighted by Crippen LogP contribution is 2.24. The number of hydrogen-bond donors (Lipinski definition) is 0. The number of benzene rings is 3. The van der Waals surface area contributed by atoms with Crippen LogP contribution in [0.1, 0.15) is 25.0 Å². The number of oxime groups is 3. The molecule has 0 saturated carbocycles. The first kappa shape index (κ1) is 28.2. The van der Waals surface area contributed by atoms with Gasteiger partial charge >= 0.3 is 0 Å². The average molecular weight is 537 g/mol. The number of hydrogen-bond acceptors (Lipinski definition) is 8. The lowest BCUT2D eigenvalue weighted by Gasteiger charge is -2.18. The summed E-state index contributed by atoms with van der Waals surface area (Å²) in [6.45, 7) is 4.15. The minimum absolute atomic E-state index is 0.127. The third-order valence-corrected chi connectivity index (χ3v) is 5.43. The molecule has 0 aliphatic carbocycles. The van der Waals surface area contributed by atoms with E-state index in [1.807, 2.05) is 55.5 Å². The van der Waals surface area contributed by atoms with Crippen molar-refractivity contribution in [2.24, 2.45) is 15.5 Å². The normalized spacial score (nSPS) is 11.8. The lowest BCUT2D eigenvalue weighted by Crippen LogP contribution is -2.28. The topological polar surface area (TPSA) is 94.3 Å². The summed E-state index contributed by atoms with van der Waals surface area (Å²) < 4.78 is 5.86. The van der Waals surface area contributed by atoms with E-state index in [1.165, 1.54) is 12.0 Å². The van der Waals surface area contributed by atoms with Crippen molar-refractivity contribution >= 4 is 40.8 Å². The smallest absolute Gasteiger partial charge is 0.272 e. The molecular formula is C28H29ClN4O5. The largest absolute Gasteiger partial charge is 0.457 e. The Bertz CT molecular complexity index is 1290. The molecule has 3 rings (SSSR count). The number of ether oxygens (including phenoxy) is 1. The number of anilines is 1. The Morgan fingerprint density at radius 3 is 2.26 bits per heavy atom. The van der Waals surface area contributed by atoms with E-state index < -0.39 is 0 Å². The fourth-order valence-corrected chi connectivity index (χ4v) is 3.41. The summed E-state index contributed by atoms with van der Waals surface area (Å²) in [5.74, 6) is 0.993. The minimum atomic E-state index is -0.339. The molecule has 3 aromatic carbocycles. The molecule has 0 bridgehead atoms. The molecule has 3 aromatic rings. The van der Waals surface area contributed by atoms with E-state index in [9.17, 15) is 4.79 Å². The molecule has 0 aromatic heterocycles. The van der Waals surface area contributed by atoms with Crippen molar-refractivity contribution in [3.8, 4) is 11.5 Å². The van der Waals surface area contributed by atoms with Crippen LogP contribution in [0.3, 0.4) is 0 Å². The van der Waals surface area contributed by atoms with Gasteiger partial charge in [-0.3, -0.25) is 4.79 Å². The molecule has 0 aliphatic heterocycles. The zero-order valence-electron chi connectivity index (χ0n) is 21.6. The SMILES string of the molecule is CCON=C(C(C)=NOCc1ccccc1N(C)C(=O)C=NOC)c1ccc(Oc2ccc(Cl)cc2)cc1. The van der Waals surface area contributed by atoms with Gasteiger partial charge in [-0.05, 0) is 68.4 Å². The van der Waals surface area contributed by atoms with Gasteiger partial charge in [0.25, 0.3) is 5.91 Å². The van der Waals surface area contributed by atoms with Gasteiger partial charge in [-0.15, -0.1) is 0 Å². The molecular weight excluding hydrogens is 508 g/mol. The zero-order chi connectivity index (χ0) is 27.3. The Morgan fingerprint density at radius 1 is 0.947 bits per heavy atom. The molecule has 0 radical (unpaired) electrons. The van der Waals surface area contributed by atoms with E-state index in [-0.39, 0.29) is 12.5 Å². The first-order valence-electron chi connectivity index (χ1n) is 11.8. The Labute approximate surface area is 226 Å². The maximum absolute atomic E-state index is 12.3. The van der Waals surface area contributed by atoms with Crippen molar-refractivity contribution in [1.82, 2.24) is 0 Å². The molecule has 0 spiro atoms. The molecule has 10 heteroatoms. The summed E-state index contributed by atoms with van der Waals surface area (Å²) in [7, 11) is 3.02. The van der Waals surface area contributed by atoms with Crippen LogP contribution in [0.5, 0.6) is 11.5 Å². The molecule has 0 N–H and O–H groups in total. The summed E-state index contributed by atoms with van der Waals surface area (Å²) in [6, 6.07) is 21.9. The molecule has 1 amide bonds. The molecule has 0 unspecified atom stereocenters. The highest BCUT2D eigenvalue weighted by Gasteiger charge is 2.14. The summed E-state index contributed by atoms with van der Waals surface area (Å²) >= 11 is 5.94. The maximum Gasteiger partial charge on any atom is 0.272 e. The van der Waals surface area contributed by atoms with Gasteiger partial charge in [-0.2, -0.15) is 0 Å². The van der Waals surface area contributed by atoms with Gasteiger partial charge in [0, 0.05) is 23.2 Å². The van der Waals surface area contributed by atoms with Crippen molar-refractivity contribution in [2.75, 3.05) is 25.7 Å². The summed E-state index contributed by atoms with van der Waals surface area (Å²) in [5, 5.41) is 12.7. The Morgan fingerprint density at radius 2 is 1.61 bits per heavy atom. The van der Waals surface area contributed by atoms with Gasteiger partial charge < -0.3 is 24.1 Å². The quantitative estimate of drug-likeness (QED) is 0.207. The number of halogens is 1. The molecule has 0 heterocycles. The van der Waals surface area contributed by atoms with Crippen LogP contribution in [-0.4, -0.2) is 44.3 Å². The highest BCUT2D eigenvalue weighted by atomic mass is 35.5. The predicted octanol–water partition coefficient (Wildman–Crippen LogP) is 6.06. The molecule has 0 atom stereocenters.